The number of rotatable bonds is 2. The fourth-order valence-electron chi connectivity index (χ4n) is 2.95. The molecule has 0 spiro atoms. The Bertz CT molecular complexity index is 646. The number of hydrogen-bond donors (Lipinski definition) is 3. The summed E-state index contributed by atoms with van der Waals surface area (Å²) in [6, 6.07) is 4.47. The first-order valence-electron chi connectivity index (χ1n) is 6.80. The Balaban J connectivity index is 1.87. The number of H-pyrrole nitrogens is 2. The molecule has 4 nitrogen and oxygen atoms in total. The Morgan fingerprint density at radius 1 is 1.26 bits per heavy atom. The van der Waals surface area contributed by atoms with Gasteiger partial charge in [0, 0.05) is 10.5 Å². The minimum absolute atomic E-state index is 0.162. The summed E-state index contributed by atoms with van der Waals surface area (Å²) in [5.74, 6) is 0.792. The predicted octanol–water partition coefficient (Wildman–Crippen LogP) is 3.61. The number of aromatic nitrogens is 2. The molecule has 0 radical (unpaired) electrons. The molecule has 19 heavy (non-hydrogen) atoms. The summed E-state index contributed by atoms with van der Waals surface area (Å²) in [4.78, 5) is 16.9. The lowest BCUT2D eigenvalue weighted by Gasteiger charge is -2.28. The maximum atomic E-state index is 11.3. The van der Waals surface area contributed by atoms with Crippen LogP contribution in [0.3, 0.4) is 0 Å². The molecular weight excluding hydrogens is 306 g/mol. The molecule has 1 fully saturated rings. The molecule has 0 saturated heterocycles. The zero-order valence-electron chi connectivity index (χ0n) is 10.9. The molecule has 2 aromatic rings. The molecule has 1 aromatic heterocycles. The predicted molar refractivity (Wildman–Crippen MR) is 81.7 cm³/mol. The molecule has 1 aliphatic rings. The zero-order chi connectivity index (χ0) is 13.4. The van der Waals surface area contributed by atoms with Gasteiger partial charge in [-0.25, -0.2) is 4.79 Å². The maximum Gasteiger partial charge on any atom is 0.323 e. The van der Waals surface area contributed by atoms with Gasteiger partial charge in [0.05, 0.1) is 16.7 Å². The Labute approximate surface area is 120 Å². The smallest absolute Gasteiger partial charge is 0.323 e. The van der Waals surface area contributed by atoms with Crippen LogP contribution in [-0.4, -0.2) is 16.0 Å². The highest BCUT2D eigenvalue weighted by Gasteiger charge is 2.19. The molecule has 3 N–H and O–H groups in total. The lowest BCUT2D eigenvalue weighted by molar-refractivity contribution is 0.358. The number of imidazole rings is 1. The topological polar surface area (TPSA) is 60.7 Å². The number of benzene rings is 1. The molecule has 1 saturated carbocycles. The highest BCUT2D eigenvalue weighted by atomic mass is 79.9. The molecule has 1 heterocycles. The number of fused-ring (bicyclic) bond motifs is 1. The van der Waals surface area contributed by atoms with Gasteiger partial charge in [-0.2, -0.15) is 0 Å². The van der Waals surface area contributed by atoms with Crippen LogP contribution in [0, 0.1) is 5.92 Å². The molecule has 2 unspecified atom stereocenters. The van der Waals surface area contributed by atoms with Gasteiger partial charge in [-0.1, -0.05) is 19.8 Å². The van der Waals surface area contributed by atoms with E-state index >= 15 is 0 Å². The van der Waals surface area contributed by atoms with Crippen molar-refractivity contribution >= 4 is 32.7 Å². The summed E-state index contributed by atoms with van der Waals surface area (Å²) in [6.45, 7) is 2.32. The van der Waals surface area contributed by atoms with E-state index in [-0.39, 0.29) is 5.69 Å². The van der Waals surface area contributed by atoms with Gasteiger partial charge in [-0.05, 0) is 46.8 Å². The molecule has 102 valence electrons. The number of aromatic amines is 2. The lowest BCUT2D eigenvalue weighted by atomic mass is 9.87. The molecule has 5 heteroatoms. The number of halogens is 1. The Hall–Kier alpha value is -1.23. The molecule has 3 rings (SSSR count). The van der Waals surface area contributed by atoms with Crippen molar-refractivity contribution in [3.05, 3.63) is 27.1 Å². The van der Waals surface area contributed by atoms with Gasteiger partial charge in [0.1, 0.15) is 0 Å². The van der Waals surface area contributed by atoms with Crippen molar-refractivity contribution < 1.29 is 0 Å². The standard InChI is InChI=1S/C14H18BrN3O/c1-8-3-2-4-9(5-8)16-11-7-13-12(6-10(11)15)17-14(19)18-13/h6-9,16H,2-5H2,1H3,(H2,17,18,19). The lowest BCUT2D eigenvalue weighted by Crippen LogP contribution is -2.26. The minimum Gasteiger partial charge on any atom is -0.381 e. The van der Waals surface area contributed by atoms with Crippen LogP contribution in [0.25, 0.3) is 11.0 Å². The molecule has 0 amide bonds. The first kappa shape index (κ1) is 12.8. The van der Waals surface area contributed by atoms with Gasteiger partial charge in [0.2, 0.25) is 0 Å². The van der Waals surface area contributed by atoms with Gasteiger partial charge in [-0.15, -0.1) is 0 Å². The Morgan fingerprint density at radius 3 is 2.74 bits per heavy atom. The van der Waals surface area contributed by atoms with E-state index in [1.54, 1.807) is 0 Å². The summed E-state index contributed by atoms with van der Waals surface area (Å²) < 4.78 is 0.994. The second kappa shape index (κ2) is 5.04. The molecule has 1 aromatic carbocycles. The first-order chi connectivity index (χ1) is 9.11. The van der Waals surface area contributed by atoms with Crippen molar-refractivity contribution in [3.63, 3.8) is 0 Å². The van der Waals surface area contributed by atoms with Gasteiger partial charge in [0.15, 0.2) is 0 Å². The monoisotopic (exact) mass is 323 g/mol. The molecular formula is C14H18BrN3O. The summed E-state index contributed by atoms with van der Waals surface area (Å²) in [5.41, 5.74) is 2.58. The summed E-state index contributed by atoms with van der Waals surface area (Å²) in [7, 11) is 0. The van der Waals surface area contributed by atoms with Crippen molar-refractivity contribution in [1.82, 2.24) is 9.97 Å². The van der Waals surface area contributed by atoms with Crippen molar-refractivity contribution in [2.75, 3.05) is 5.32 Å². The van der Waals surface area contributed by atoms with Crippen molar-refractivity contribution in [2.45, 2.75) is 38.6 Å². The van der Waals surface area contributed by atoms with Gasteiger partial charge < -0.3 is 15.3 Å². The highest BCUT2D eigenvalue weighted by Crippen LogP contribution is 2.31. The van der Waals surface area contributed by atoms with Gasteiger partial charge >= 0.3 is 5.69 Å². The third kappa shape index (κ3) is 2.71. The van der Waals surface area contributed by atoms with E-state index in [4.69, 9.17) is 0 Å². The highest BCUT2D eigenvalue weighted by molar-refractivity contribution is 9.10. The number of anilines is 1. The summed E-state index contributed by atoms with van der Waals surface area (Å²) in [5, 5.41) is 3.60. The number of nitrogens with one attached hydrogen (secondary N) is 3. The van der Waals surface area contributed by atoms with E-state index in [1.807, 2.05) is 12.1 Å². The van der Waals surface area contributed by atoms with Crippen LogP contribution >= 0.6 is 15.9 Å². The zero-order valence-corrected chi connectivity index (χ0v) is 12.5. The largest absolute Gasteiger partial charge is 0.381 e. The van der Waals surface area contributed by atoms with Gasteiger partial charge in [0.25, 0.3) is 0 Å². The average molecular weight is 324 g/mol. The van der Waals surface area contributed by atoms with Crippen LogP contribution in [0.5, 0.6) is 0 Å². The SMILES string of the molecule is CC1CCCC(Nc2cc3[nH]c(=O)[nH]c3cc2Br)C1. The van der Waals surface area contributed by atoms with E-state index in [2.05, 4.69) is 38.1 Å². The van der Waals surface area contributed by atoms with E-state index in [1.165, 1.54) is 25.7 Å². The Kier molecular flexibility index (Phi) is 3.39. The maximum absolute atomic E-state index is 11.3. The van der Waals surface area contributed by atoms with Crippen LogP contribution in [0.1, 0.15) is 32.6 Å². The summed E-state index contributed by atoms with van der Waals surface area (Å²) >= 11 is 3.57. The quantitative estimate of drug-likeness (QED) is 0.790. The molecule has 0 aliphatic heterocycles. The van der Waals surface area contributed by atoms with Crippen LogP contribution in [0.2, 0.25) is 0 Å². The second-order valence-corrected chi connectivity index (χ2v) is 6.42. The van der Waals surface area contributed by atoms with Crippen LogP contribution in [0.15, 0.2) is 21.4 Å². The van der Waals surface area contributed by atoms with Crippen LogP contribution < -0.4 is 11.0 Å². The van der Waals surface area contributed by atoms with Crippen LogP contribution in [0.4, 0.5) is 5.69 Å². The normalized spacial score (nSPS) is 23.7. The van der Waals surface area contributed by atoms with E-state index in [9.17, 15) is 4.79 Å². The third-order valence-corrected chi connectivity index (χ3v) is 4.56. The first-order valence-corrected chi connectivity index (χ1v) is 7.59. The molecule has 0 bridgehead atoms. The van der Waals surface area contributed by atoms with Gasteiger partial charge in [-0.3, -0.25) is 0 Å². The van der Waals surface area contributed by atoms with Crippen molar-refractivity contribution in [3.8, 4) is 0 Å². The fourth-order valence-corrected chi connectivity index (χ4v) is 3.41. The van der Waals surface area contributed by atoms with E-state index in [0.717, 1.165) is 27.1 Å². The van der Waals surface area contributed by atoms with Crippen LogP contribution in [-0.2, 0) is 0 Å². The van der Waals surface area contributed by atoms with E-state index < -0.39 is 0 Å². The van der Waals surface area contributed by atoms with Crippen molar-refractivity contribution in [2.24, 2.45) is 5.92 Å². The average Bonchev–Trinajstić information content (AvgIpc) is 2.69. The second-order valence-electron chi connectivity index (χ2n) is 5.57. The fraction of sp³-hybridized carbons (Fsp3) is 0.500. The minimum atomic E-state index is -0.162. The van der Waals surface area contributed by atoms with Crippen molar-refractivity contribution in [1.29, 1.82) is 0 Å². The summed E-state index contributed by atoms with van der Waals surface area (Å²) in [6.07, 6.45) is 5.07. The Morgan fingerprint density at radius 2 is 2.00 bits per heavy atom. The van der Waals surface area contributed by atoms with E-state index in [0.29, 0.717) is 6.04 Å². The molecule has 2 atom stereocenters. The number of hydrogen-bond acceptors (Lipinski definition) is 2. The third-order valence-electron chi connectivity index (χ3n) is 3.90. The molecule has 1 aliphatic carbocycles.